The highest BCUT2D eigenvalue weighted by Gasteiger charge is 2.56. The van der Waals surface area contributed by atoms with E-state index in [9.17, 15) is 4.79 Å². The fraction of sp³-hybridized carbons (Fsp3) is 0.500. The fourth-order valence-electron chi connectivity index (χ4n) is 5.22. The molecule has 1 aromatic carbocycles. The number of amides is 1. The van der Waals surface area contributed by atoms with Gasteiger partial charge < -0.3 is 10.2 Å². The van der Waals surface area contributed by atoms with Crippen LogP contribution < -0.4 is 10.2 Å². The molecular weight excluding hydrogens is 376 g/mol. The first-order valence-electron chi connectivity index (χ1n) is 9.84. The number of thiophene rings is 1. The van der Waals surface area contributed by atoms with Crippen molar-refractivity contribution in [1.29, 1.82) is 0 Å². The smallest absolute Gasteiger partial charge is 0.224 e. The van der Waals surface area contributed by atoms with Crippen molar-refractivity contribution in [3.63, 3.8) is 0 Å². The number of aryl methyl sites for hydroxylation is 2. The minimum absolute atomic E-state index is 0.183. The Bertz CT molecular complexity index is 894. The van der Waals surface area contributed by atoms with Gasteiger partial charge >= 0.3 is 0 Å². The van der Waals surface area contributed by atoms with Crippen LogP contribution in [0.25, 0.3) is 0 Å². The Balaban J connectivity index is 1.31. The molecule has 1 N–H and O–H groups in total. The number of hydrogen-bond acceptors (Lipinski definition) is 3. The Morgan fingerprint density at radius 1 is 1.26 bits per heavy atom. The molecule has 1 aliphatic heterocycles. The molecule has 4 aliphatic rings. The molecule has 2 heterocycles. The summed E-state index contributed by atoms with van der Waals surface area (Å²) in [4.78, 5) is 16.3. The molecule has 27 heavy (non-hydrogen) atoms. The zero-order chi connectivity index (χ0) is 18.8. The van der Waals surface area contributed by atoms with Crippen molar-refractivity contribution >= 4 is 40.2 Å². The topological polar surface area (TPSA) is 32.3 Å². The summed E-state index contributed by atoms with van der Waals surface area (Å²) in [5, 5.41) is 3.20. The lowest BCUT2D eigenvalue weighted by atomic mass is 9.43. The van der Waals surface area contributed by atoms with E-state index in [4.69, 9.17) is 11.6 Å². The number of rotatable bonds is 4. The zero-order valence-electron chi connectivity index (χ0n) is 15.9. The van der Waals surface area contributed by atoms with E-state index in [1.54, 1.807) is 11.3 Å². The van der Waals surface area contributed by atoms with E-state index < -0.39 is 0 Å². The Kier molecular flexibility index (Phi) is 4.07. The van der Waals surface area contributed by atoms with Crippen molar-refractivity contribution in [3.05, 3.63) is 44.1 Å². The van der Waals surface area contributed by atoms with Gasteiger partial charge in [0.2, 0.25) is 5.91 Å². The van der Waals surface area contributed by atoms with Crippen molar-refractivity contribution < 1.29 is 4.79 Å². The molecule has 5 heteroatoms. The van der Waals surface area contributed by atoms with Gasteiger partial charge in [0.15, 0.2) is 0 Å². The fourth-order valence-corrected chi connectivity index (χ4v) is 6.58. The van der Waals surface area contributed by atoms with Gasteiger partial charge in [-0.15, -0.1) is 11.3 Å². The maximum Gasteiger partial charge on any atom is 0.224 e. The predicted octanol–water partition coefficient (Wildman–Crippen LogP) is 5.71. The third-order valence-corrected chi connectivity index (χ3v) is 7.99. The molecule has 0 spiro atoms. The third kappa shape index (κ3) is 3.07. The molecule has 3 saturated carbocycles. The normalized spacial score (nSPS) is 25.4. The number of fused-ring (bicyclic) bond motifs is 1. The van der Waals surface area contributed by atoms with E-state index in [-0.39, 0.29) is 5.91 Å². The van der Waals surface area contributed by atoms with E-state index in [1.165, 1.54) is 35.4 Å². The van der Waals surface area contributed by atoms with Crippen LogP contribution in [0.15, 0.2) is 18.2 Å². The van der Waals surface area contributed by atoms with Crippen molar-refractivity contribution in [1.82, 2.24) is 0 Å². The van der Waals surface area contributed by atoms with Gasteiger partial charge in [-0.05, 0) is 85.8 Å². The average Bonchev–Trinajstić information content (AvgIpc) is 2.92. The van der Waals surface area contributed by atoms with Crippen LogP contribution in [0, 0.1) is 25.2 Å². The van der Waals surface area contributed by atoms with Gasteiger partial charge in [-0.3, -0.25) is 4.79 Å². The molecule has 0 unspecified atom stereocenters. The standard InChI is InChI=1S/C22H25ClN2OS/c1-13-5-17(25-4-3-16-7-19(23)27-18(16)12-25)6-14(2)21(13)24-20(26)11-22-8-15(9-22)10-22/h5-7,15H,3-4,8-12H2,1-2H3,(H,24,26). The monoisotopic (exact) mass is 400 g/mol. The largest absolute Gasteiger partial charge is 0.366 e. The number of nitrogens with one attached hydrogen (secondary N) is 1. The molecule has 0 radical (unpaired) electrons. The number of nitrogens with zero attached hydrogens (tertiary/aromatic N) is 1. The van der Waals surface area contributed by atoms with Gasteiger partial charge in [0.1, 0.15) is 0 Å². The third-order valence-electron chi connectivity index (χ3n) is 6.70. The summed E-state index contributed by atoms with van der Waals surface area (Å²) < 4.78 is 0.885. The number of halogens is 1. The second-order valence-electron chi connectivity index (χ2n) is 8.83. The Morgan fingerprint density at radius 2 is 1.96 bits per heavy atom. The summed E-state index contributed by atoms with van der Waals surface area (Å²) in [7, 11) is 0. The number of carbonyl (C=O) groups excluding carboxylic acids is 1. The Labute approximate surface area is 169 Å². The van der Waals surface area contributed by atoms with E-state index in [0.29, 0.717) is 11.8 Å². The molecule has 142 valence electrons. The first-order valence-corrected chi connectivity index (χ1v) is 11.0. The predicted molar refractivity (Wildman–Crippen MR) is 113 cm³/mol. The first kappa shape index (κ1) is 17.6. The minimum atomic E-state index is 0.183. The van der Waals surface area contributed by atoms with Crippen molar-refractivity contribution in [2.75, 3.05) is 16.8 Å². The molecular formula is C22H25ClN2OS. The first-order chi connectivity index (χ1) is 12.9. The molecule has 0 saturated heterocycles. The van der Waals surface area contributed by atoms with Crippen LogP contribution in [0.5, 0.6) is 0 Å². The van der Waals surface area contributed by atoms with Crippen LogP contribution in [0.3, 0.4) is 0 Å². The van der Waals surface area contributed by atoms with Crippen LogP contribution >= 0.6 is 22.9 Å². The van der Waals surface area contributed by atoms with Crippen LogP contribution in [-0.2, 0) is 17.8 Å². The Morgan fingerprint density at radius 3 is 2.59 bits per heavy atom. The summed E-state index contributed by atoms with van der Waals surface area (Å²) in [5.41, 5.74) is 6.26. The average molecular weight is 401 g/mol. The van der Waals surface area contributed by atoms with Gasteiger partial charge in [0.25, 0.3) is 0 Å². The van der Waals surface area contributed by atoms with Gasteiger partial charge in [0, 0.05) is 29.2 Å². The highest BCUT2D eigenvalue weighted by molar-refractivity contribution is 7.16. The zero-order valence-corrected chi connectivity index (χ0v) is 17.5. The van der Waals surface area contributed by atoms with Crippen LogP contribution in [0.2, 0.25) is 4.34 Å². The van der Waals surface area contributed by atoms with E-state index >= 15 is 0 Å². The molecule has 2 bridgehead atoms. The molecule has 1 aromatic heterocycles. The molecule has 3 nitrogen and oxygen atoms in total. The highest BCUT2D eigenvalue weighted by atomic mass is 35.5. The molecule has 2 aromatic rings. The van der Waals surface area contributed by atoms with Crippen molar-refractivity contribution in [3.8, 4) is 0 Å². The lowest BCUT2D eigenvalue weighted by Gasteiger charge is -2.61. The van der Waals surface area contributed by atoms with Gasteiger partial charge in [-0.1, -0.05) is 11.6 Å². The van der Waals surface area contributed by atoms with Crippen LogP contribution in [-0.4, -0.2) is 12.5 Å². The van der Waals surface area contributed by atoms with Gasteiger partial charge in [-0.2, -0.15) is 0 Å². The van der Waals surface area contributed by atoms with Crippen LogP contribution in [0.4, 0.5) is 11.4 Å². The maximum atomic E-state index is 12.5. The summed E-state index contributed by atoms with van der Waals surface area (Å²) in [6.45, 7) is 6.13. The number of benzene rings is 1. The summed E-state index contributed by atoms with van der Waals surface area (Å²) in [5.74, 6) is 1.10. The molecule has 3 aliphatic carbocycles. The van der Waals surface area contributed by atoms with Gasteiger partial charge in [0.05, 0.1) is 10.9 Å². The SMILES string of the molecule is Cc1cc(N2CCc3cc(Cl)sc3C2)cc(C)c1NC(=O)CC12CC(C1)C2. The number of anilines is 2. The second-order valence-corrected chi connectivity index (χ2v) is 10.6. The van der Waals surface area contributed by atoms with E-state index in [2.05, 4.69) is 42.3 Å². The van der Waals surface area contributed by atoms with Crippen LogP contribution in [0.1, 0.15) is 47.3 Å². The lowest BCUT2D eigenvalue weighted by molar-refractivity contribution is -0.139. The molecule has 3 fully saturated rings. The number of carbonyl (C=O) groups is 1. The maximum absolute atomic E-state index is 12.5. The van der Waals surface area contributed by atoms with Gasteiger partial charge in [-0.25, -0.2) is 0 Å². The Hall–Kier alpha value is -1.52. The highest BCUT2D eigenvalue weighted by Crippen LogP contribution is 2.66. The van der Waals surface area contributed by atoms with Crippen molar-refractivity contribution in [2.24, 2.45) is 11.3 Å². The molecule has 0 atom stereocenters. The quantitative estimate of drug-likeness (QED) is 0.712. The number of hydrogen-bond donors (Lipinski definition) is 1. The summed E-state index contributed by atoms with van der Waals surface area (Å²) >= 11 is 7.88. The summed E-state index contributed by atoms with van der Waals surface area (Å²) in [6.07, 6.45) is 5.53. The molecule has 1 amide bonds. The molecule has 6 rings (SSSR count). The summed E-state index contributed by atoms with van der Waals surface area (Å²) in [6, 6.07) is 6.54. The lowest BCUT2D eigenvalue weighted by Crippen LogP contribution is -2.53. The second kappa shape index (κ2) is 6.25. The van der Waals surface area contributed by atoms with Crippen molar-refractivity contribution in [2.45, 2.75) is 52.5 Å². The van der Waals surface area contributed by atoms with E-state index in [1.807, 2.05) is 0 Å². The van der Waals surface area contributed by atoms with E-state index in [0.717, 1.165) is 46.6 Å². The minimum Gasteiger partial charge on any atom is -0.366 e.